The van der Waals surface area contributed by atoms with Crippen molar-refractivity contribution >= 4 is 22.5 Å². The molecule has 0 radical (unpaired) electrons. The lowest BCUT2D eigenvalue weighted by molar-refractivity contribution is 0.184. The highest BCUT2D eigenvalue weighted by Gasteiger charge is 2.25. The van der Waals surface area contributed by atoms with Crippen LogP contribution in [0.25, 0.3) is 16.6 Å². The van der Waals surface area contributed by atoms with Crippen molar-refractivity contribution in [3.05, 3.63) is 78.8 Å². The first-order valence-electron chi connectivity index (χ1n) is 10.5. The maximum atomic E-state index is 13.2. The fourth-order valence-electron chi connectivity index (χ4n) is 3.74. The Labute approximate surface area is 185 Å². The second-order valence-electron chi connectivity index (χ2n) is 8.08. The van der Waals surface area contributed by atoms with Crippen LogP contribution < -0.4 is 5.32 Å². The number of hydrogen-bond acceptors (Lipinski definition) is 4. The molecule has 0 spiro atoms. The Balaban J connectivity index is 1.70. The van der Waals surface area contributed by atoms with E-state index in [1.165, 1.54) is 18.5 Å². The van der Waals surface area contributed by atoms with Crippen molar-refractivity contribution in [2.24, 2.45) is 5.92 Å². The summed E-state index contributed by atoms with van der Waals surface area (Å²) in [6, 6.07) is 13.2. The first-order valence-corrected chi connectivity index (χ1v) is 10.5. The Kier molecular flexibility index (Phi) is 6.11. The summed E-state index contributed by atoms with van der Waals surface area (Å²) in [5.41, 5.74) is 1.47. The van der Waals surface area contributed by atoms with Crippen molar-refractivity contribution in [2.45, 2.75) is 26.8 Å². The minimum absolute atomic E-state index is 0.248. The van der Waals surface area contributed by atoms with E-state index >= 15 is 0 Å². The van der Waals surface area contributed by atoms with Crippen molar-refractivity contribution < 1.29 is 9.18 Å². The molecule has 2 aromatic carbocycles. The van der Waals surface area contributed by atoms with Crippen LogP contribution in [0.15, 0.2) is 67.4 Å². The zero-order chi connectivity index (χ0) is 22.7. The van der Waals surface area contributed by atoms with Gasteiger partial charge in [-0.1, -0.05) is 38.1 Å². The van der Waals surface area contributed by atoms with Crippen molar-refractivity contribution in [3.63, 3.8) is 0 Å². The van der Waals surface area contributed by atoms with Gasteiger partial charge in [0.05, 0.1) is 6.04 Å². The summed E-state index contributed by atoms with van der Waals surface area (Å²) in [6.07, 6.45) is 4.87. The number of aromatic nitrogens is 4. The number of nitrogens with one attached hydrogen (secondary N) is 1. The summed E-state index contributed by atoms with van der Waals surface area (Å²) >= 11 is 0. The molecule has 4 rings (SSSR count). The molecule has 2 amide bonds. The van der Waals surface area contributed by atoms with Crippen molar-refractivity contribution in [1.29, 1.82) is 0 Å². The van der Waals surface area contributed by atoms with Crippen LogP contribution in [-0.2, 0) is 0 Å². The van der Waals surface area contributed by atoms with Gasteiger partial charge in [-0.05, 0) is 42.5 Å². The molecule has 8 heteroatoms. The van der Waals surface area contributed by atoms with E-state index in [9.17, 15) is 9.18 Å². The zero-order valence-electron chi connectivity index (χ0n) is 18.2. The number of hydrogen-bond donors (Lipinski definition) is 1. The first kappa shape index (κ1) is 21.4. The van der Waals surface area contributed by atoms with Gasteiger partial charge in [0.15, 0.2) is 5.82 Å². The van der Waals surface area contributed by atoms with Gasteiger partial charge in [0.25, 0.3) is 0 Å². The number of fused-ring (bicyclic) bond motifs is 1. The molecule has 0 bridgehead atoms. The Bertz CT molecular complexity index is 1210. The number of benzene rings is 2. The number of carbonyl (C=O) groups is 1. The third kappa shape index (κ3) is 4.44. The fraction of sp³-hybridized carbons (Fsp3) is 0.250. The highest BCUT2D eigenvalue weighted by Crippen LogP contribution is 2.31. The largest absolute Gasteiger partial charge is 0.322 e. The van der Waals surface area contributed by atoms with Crippen LogP contribution in [0.1, 0.15) is 32.4 Å². The molecule has 32 heavy (non-hydrogen) atoms. The van der Waals surface area contributed by atoms with Gasteiger partial charge in [-0.2, -0.15) is 5.10 Å². The molecule has 0 aliphatic heterocycles. The number of carbonyl (C=O) groups excluding carboxylic acids is 1. The van der Waals surface area contributed by atoms with Crippen molar-refractivity contribution in [2.75, 3.05) is 11.9 Å². The van der Waals surface area contributed by atoms with E-state index in [4.69, 9.17) is 0 Å². The van der Waals surface area contributed by atoms with Crippen molar-refractivity contribution in [1.82, 2.24) is 24.6 Å². The molecule has 1 atom stereocenters. The number of pyridine rings is 1. The lowest BCUT2D eigenvalue weighted by Gasteiger charge is -2.32. The Hall–Kier alpha value is -3.81. The van der Waals surface area contributed by atoms with E-state index in [-0.39, 0.29) is 23.8 Å². The van der Waals surface area contributed by atoms with Crippen LogP contribution in [0.2, 0.25) is 0 Å². The molecule has 0 fully saturated rings. The third-order valence-corrected chi connectivity index (χ3v) is 5.28. The Morgan fingerprint density at radius 2 is 1.81 bits per heavy atom. The summed E-state index contributed by atoms with van der Waals surface area (Å²) in [4.78, 5) is 23.7. The van der Waals surface area contributed by atoms with Gasteiger partial charge in [0, 0.05) is 29.4 Å². The number of urea groups is 1. The maximum Gasteiger partial charge on any atom is 0.322 e. The van der Waals surface area contributed by atoms with Crippen LogP contribution in [-0.4, -0.2) is 37.2 Å². The van der Waals surface area contributed by atoms with E-state index in [1.807, 2.05) is 31.2 Å². The maximum absolute atomic E-state index is 13.2. The molecule has 4 aromatic rings. The summed E-state index contributed by atoms with van der Waals surface area (Å²) < 4.78 is 14.9. The van der Waals surface area contributed by atoms with Gasteiger partial charge >= 0.3 is 6.03 Å². The van der Waals surface area contributed by atoms with Crippen LogP contribution in [0.5, 0.6) is 0 Å². The van der Waals surface area contributed by atoms with E-state index in [2.05, 4.69) is 34.2 Å². The highest BCUT2D eigenvalue weighted by atomic mass is 19.1. The first-order chi connectivity index (χ1) is 15.4. The smallest absolute Gasteiger partial charge is 0.317 e. The average Bonchev–Trinajstić information content (AvgIpc) is 3.32. The number of amides is 2. The Morgan fingerprint density at radius 1 is 1.09 bits per heavy atom. The predicted molar refractivity (Wildman–Crippen MR) is 122 cm³/mol. The molecule has 2 heterocycles. The molecule has 2 aromatic heterocycles. The van der Waals surface area contributed by atoms with Gasteiger partial charge in [-0.25, -0.2) is 23.8 Å². The third-order valence-electron chi connectivity index (χ3n) is 5.28. The Morgan fingerprint density at radius 3 is 2.47 bits per heavy atom. The lowest BCUT2D eigenvalue weighted by atomic mass is 10.00. The minimum Gasteiger partial charge on any atom is -0.317 e. The second-order valence-corrected chi connectivity index (χ2v) is 8.08. The quantitative estimate of drug-likeness (QED) is 0.454. The van der Waals surface area contributed by atoms with Crippen LogP contribution >= 0.6 is 0 Å². The lowest BCUT2D eigenvalue weighted by Crippen LogP contribution is -2.39. The van der Waals surface area contributed by atoms with E-state index in [1.54, 1.807) is 34.2 Å². The number of halogens is 1. The van der Waals surface area contributed by atoms with Gasteiger partial charge in [-0.15, -0.1) is 0 Å². The molecule has 0 saturated heterocycles. The topological polar surface area (TPSA) is 75.9 Å². The molecule has 0 unspecified atom stereocenters. The monoisotopic (exact) mass is 432 g/mol. The SMILES string of the molecule is CC(C)CN(C(=O)Nc1ccc(F)cc1)[C@@H](C)c1cnc(-n2cncn2)c2ccccc12. The summed E-state index contributed by atoms with van der Waals surface area (Å²) in [6.45, 7) is 6.67. The highest BCUT2D eigenvalue weighted by molar-refractivity contribution is 5.93. The van der Waals surface area contributed by atoms with E-state index in [0.29, 0.717) is 18.1 Å². The molecule has 7 nitrogen and oxygen atoms in total. The van der Waals surface area contributed by atoms with Crippen LogP contribution in [0, 0.1) is 11.7 Å². The fourth-order valence-corrected chi connectivity index (χ4v) is 3.74. The standard InChI is InChI=1S/C24H25FN6O/c1-16(2)13-30(24(32)29-19-10-8-18(25)9-11-19)17(3)22-12-27-23(31-15-26-14-28-31)21-7-5-4-6-20(21)22/h4-12,14-17H,13H2,1-3H3,(H,29,32)/t17-/m0/s1. The normalized spacial score (nSPS) is 12.2. The number of nitrogens with zero attached hydrogens (tertiary/aromatic N) is 5. The average molecular weight is 433 g/mol. The summed E-state index contributed by atoms with van der Waals surface area (Å²) in [7, 11) is 0. The van der Waals surface area contributed by atoms with E-state index < -0.39 is 0 Å². The van der Waals surface area contributed by atoms with Gasteiger partial charge in [0.2, 0.25) is 0 Å². The molecule has 1 N–H and O–H groups in total. The van der Waals surface area contributed by atoms with Gasteiger partial charge in [-0.3, -0.25) is 0 Å². The van der Waals surface area contributed by atoms with Crippen LogP contribution in [0.3, 0.4) is 0 Å². The predicted octanol–water partition coefficient (Wildman–Crippen LogP) is 5.21. The molecule has 0 aliphatic rings. The van der Waals surface area contributed by atoms with Crippen molar-refractivity contribution in [3.8, 4) is 5.82 Å². The minimum atomic E-state index is -0.347. The molecule has 0 saturated carbocycles. The second kappa shape index (κ2) is 9.13. The molecule has 164 valence electrons. The van der Waals surface area contributed by atoms with Crippen LogP contribution in [0.4, 0.5) is 14.9 Å². The molecular formula is C24H25FN6O. The van der Waals surface area contributed by atoms with Gasteiger partial charge < -0.3 is 10.2 Å². The number of rotatable bonds is 6. The molecular weight excluding hydrogens is 407 g/mol. The van der Waals surface area contributed by atoms with E-state index in [0.717, 1.165) is 16.3 Å². The zero-order valence-corrected chi connectivity index (χ0v) is 18.2. The summed E-state index contributed by atoms with van der Waals surface area (Å²) in [5, 5.41) is 9.00. The van der Waals surface area contributed by atoms with Gasteiger partial charge in [0.1, 0.15) is 18.5 Å². The molecule has 0 aliphatic carbocycles. The summed E-state index contributed by atoms with van der Waals surface area (Å²) in [5.74, 6) is 0.589. The number of anilines is 1.